The van der Waals surface area contributed by atoms with Crippen molar-refractivity contribution < 1.29 is 4.79 Å². The van der Waals surface area contributed by atoms with Gasteiger partial charge in [0.1, 0.15) is 10.7 Å². The molecule has 0 bridgehead atoms. The zero-order valence-corrected chi connectivity index (χ0v) is 13.3. The van der Waals surface area contributed by atoms with E-state index >= 15 is 0 Å². The van der Waals surface area contributed by atoms with Gasteiger partial charge in [0.05, 0.1) is 0 Å². The van der Waals surface area contributed by atoms with E-state index in [9.17, 15) is 4.79 Å². The molecule has 0 saturated heterocycles. The van der Waals surface area contributed by atoms with Crippen LogP contribution in [0.15, 0.2) is 30.3 Å². The van der Waals surface area contributed by atoms with Crippen LogP contribution in [0.25, 0.3) is 0 Å². The monoisotopic (exact) mass is 304 g/mol. The highest BCUT2D eigenvalue weighted by atomic mass is 32.1. The van der Waals surface area contributed by atoms with Gasteiger partial charge in [-0.3, -0.25) is 4.79 Å². The number of amides is 1. The molecule has 1 heterocycles. The number of nitrogens with one attached hydrogen (secondary N) is 1. The number of nitrogens with two attached hydrogens (primary N) is 1. The number of carbonyl (C=O) groups is 1. The number of nitrogen functional groups attached to an aromatic ring is 1. The Morgan fingerprint density at radius 1 is 1.38 bits per heavy atom. The van der Waals surface area contributed by atoms with Gasteiger partial charge in [-0.1, -0.05) is 29.5 Å². The molecule has 21 heavy (non-hydrogen) atoms. The SMILES string of the molecule is CCN(C(=O)c1sc(NC(C)C)nc1N)c1ccccc1. The summed E-state index contributed by atoms with van der Waals surface area (Å²) < 4.78 is 0. The molecule has 0 aliphatic heterocycles. The lowest BCUT2D eigenvalue weighted by atomic mass is 10.2. The molecule has 5 nitrogen and oxygen atoms in total. The van der Waals surface area contributed by atoms with Crippen LogP contribution < -0.4 is 16.0 Å². The van der Waals surface area contributed by atoms with E-state index in [1.807, 2.05) is 51.1 Å². The first-order valence-corrected chi connectivity index (χ1v) is 7.74. The molecule has 2 rings (SSSR count). The van der Waals surface area contributed by atoms with E-state index in [1.54, 1.807) is 4.90 Å². The number of aromatic nitrogens is 1. The van der Waals surface area contributed by atoms with Crippen LogP contribution in [0.1, 0.15) is 30.4 Å². The predicted molar refractivity (Wildman–Crippen MR) is 89.1 cm³/mol. The summed E-state index contributed by atoms with van der Waals surface area (Å²) in [5, 5.41) is 3.85. The maximum atomic E-state index is 12.7. The lowest BCUT2D eigenvalue weighted by Crippen LogP contribution is -2.30. The zero-order valence-electron chi connectivity index (χ0n) is 12.5. The highest BCUT2D eigenvalue weighted by Gasteiger charge is 2.22. The van der Waals surface area contributed by atoms with E-state index in [2.05, 4.69) is 10.3 Å². The fraction of sp³-hybridized carbons (Fsp3) is 0.333. The van der Waals surface area contributed by atoms with Crippen LogP contribution in [0.2, 0.25) is 0 Å². The second-order valence-electron chi connectivity index (χ2n) is 4.92. The van der Waals surface area contributed by atoms with E-state index in [-0.39, 0.29) is 17.8 Å². The molecule has 6 heteroatoms. The molecule has 1 amide bonds. The summed E-state index contributed by atoms with van der Waals surface area (Å²) >= 11 is 1.30. The Hall–Kier alpha value is -2.08. The molecule has 1 aromatic carbocycles. The third kappa shape index (κ3) is 3.52. The molecule has 0 spiro atoms. The first-order chi connectivity index (χ1) is 10.0. The van der Waals surface area contributed by atoms with E-state index in [0.717, 1.165) is 5.69 Å². The molecule has 1 aromatic heterocycles. The Balaban J connectivity index is 2.28. The van der Waals surface area contributed by atoms with Gasteiger partial charge in [0.15, 0.2) is 5.13 Å². The van der Waals surface area contributed by atoms with Crippen molar-refractivity contribution in [2.75, 3.05) is 22.5 Å². The van der Waals surface area contributed by atoms with Crippen molar-refractivity contribution in [2.24, 2.45) is 0 Å². The van der Waals surface area contributed by atoms with Crippen LogP contribution in [-0.4, -0.2) is 23.5 Å². The molecular weight excluding hydrogens is 284 g/mol. The summed E-state index contributed by atoms with van der Waals surface area (Å²) in [6.45, 7) is 6.55. The van der Waals surface area contributed by atoms with Crippen molar-refractivity contribution >= 4 is 33.9 Å². The lowest BCUT2D eigenvalue weighted by molar-refractivity contribution is 0.0993. The van der Waals surface area contributed by atoms with E-state index in [0.29, 0.717) is 16.6 Å². The smallest absolute Gasteiger partial charge is 0.272 e. The largest absolute Gasteiger partial charge is 0.382 e. The normalized spacial score (nSPS) is 10.7. The Morgan fingerprint density at radius 3 is 2.62 bits per heavy atom. The van der Waals surface area contributed by atoms with Crippen molar-refractivity contribution in [1.82, 2.24) is 4.98 Å². The van der Waals surface area contributed by atoms with Gasteiger partial charge >= 0.3 is 0 Å². The van der Waals surface area contributed by atoms with Crippen LogP contribution >= 0.6 is 11.3 Å². The molecule has 0 unspecified atom stereocenters. The molecule has 0 aliphatic rings. The summed E-state index contributed by atoms with van der Waals surface area (Å²) in [5.74, 6) is 0.165. The highest BCUT2D eigenvalue weighted by molar-refractivity contribution is 7.18. The Morgan fingerprint density at radius 2 is 2.05 bits per heavy atom. The Kier molecular flexibility index (Phi) is 4.80. The maximum absolute atomic E-state index is 12.7. The van der Waals surface area contributed by atoms with Crippen LogP contribution in [0.5, 0.6) is 0 Å². The minimum atomic E-state index is -0.115. The third-order valence-electron chi connectivity index (χ3n) is 2.89. The molecule has 3 N–H and O–H groups in total. The third-order valence-corrected chi connectivity index (χ3v) is 3.88. The van der Waals surface area contributed by atoms with E-state index < -0.39 is 0 Å². The number of carbonyl (C=O) groups excluding carboxylic acids is 1. The number of para-hydroxylation sites is 1. The molecule has 0 radical (unpaired) electrons. The average Bonchev–Trinajstić information content (AvgIpc) is 2.80. The number of rotatable bonds is 5. The van der Waals surface area contributed by atoms with Gasteiger partial charge in [0.2, 0.25) is 0 Å². The summed E-state index contributed by atoms with van der Waals surface area (Å²) in [7, 11) is 0. The van der Waals surface area contributed by atoms with E-state index in [1.165, 1.54) is 11.3 Å². The Labute approximate surface area is 128 Å². The number of nitrogens with zero attached hydrogens (tertiary/aromatic N) is 2. The van der Waals surface area contributed by atoms with Gasteiger partial charge < -0.3 is 16.0 Å². The maximum Gasteiger partial charge on any atom is 0.272 e. The van der Waals surface area contributed by atoms with Crippen molar-refractivity contribution in [3.63, 3.8) is 0 Å². The summed E-state index contributed by atoms with van der Waals surface area (Å²) in [5.41, 5.74) is 6.76. The van der Waals surface area contributed by atoms with Gasteiger partial charge in [-0.25, -0.2) is 4.98 Å². The average molecular weight is 304 g/mol. The van der Waals surface area contributed by atoms with Gasteiger partial charge in [0, 0.05) is 18.3 Å². The van der Waals surface area contributed by atoms with Crippen molar-refractivity contribution in [3.05, 3.63) is 35.2 Å². The molecular formula is C15H20N4OS. The molecule has 112 valence electrons. The van der Waals surface area contributed by atoms with Crippen LogP contribution in [0, 0.1) is 0 Å². The van der Waals surface area contributed by atoms with Crippen molar-refractivity contribution in [1.29, 1.82) is 0 Å². The van der Waals surface area contributed by atoms with Crippen LogP contribution in [-0.2, 0) is 0 Å². The first-order valence-electron chi connectivity index (χ1n) is 6.92. The number of benzene rings is 1. The molecule has 2 aromatic rings. The molecule has 0 atom stereocenters. The van der Waals surface area contributed by atoms with Gasteiger partial charge in [-0.05, 0) is 32.9 Å². The van der Waals surface area contributed by atoms with Crippen molar-refractivity contribution in [3.8, 4) is 0 Å². The fourth-order valence-corrected chi connectivity index (χ4v) is 2.95. The molecule has 0 fully saturated rings. The van der Waals surface area contributed by atoms with Gasteiger partial charge in [-0.2, -0.15) is 0 Å². The summed E-state index contributed by atoms with van der Waals surface area (Å²) in [6, 6.07) is 9.81. The standard InChI is InChI=1S/C15H20N4OS/c1-4-19(11-8-6-5-7-9-11)14(20)12-13(16)18-15(21-12)17-10(2)3/h5-10H,4,16H2,1-3H3,(H,17,18). The lowest BCUT2D eigenvalue weighted by Gasteiger charge is -2.20. The van der Waals surface area contributed by atoms with Gasteiger partial charge in [-0.15, -0.1) is 0 Å². The summed E-state index contributed by atoms with van der Waals surface area (Å²) in [4.78, 5) is 19.1. The molecule has 0 aliphatic carbocycles. The number of anilines is 3. The van der Waals surface area contributed by atoms with E-state index in [4.69, 9.17) is 5.73 Å². The fourth-order valence-electron chi connectivity index (χ4n) is 1.97. The van der Waals surface area contributed by atoms with Crippen molar-refractivity contribution in [2.45, 2.75) is 26.8 Å². The minimum absolute atomic E-state index is 0.115. The predicted octanol–water partition coefficient (Wildman–Crippen LogP) is 3.21. The summed E-state index contributed by atoms with van der Waals surface area (Å²) in [6.07, 6.45) is 0. The number of hydrogen-bond donors (Lipinski definition) is 2. The quantitative estimate of drug-likeness (QED) is 0.889. The number of hydrogen-bond acceptors (Lipinski definition) is 5. The number of thiazole rings is 1. The molecule has 0 saturated carbocycles. The first kappa shape index (κ1) is 15.3. The zero-order chi connectivity index (χ0) is 15.4. The topological polar surface area (TPSA) is 71.2 Å². The second-order valence-corrected chi connectivity index (χ2v) is 5.92. The Bertz CT molecular complexity index is 609. The second kappa shape index (κ2) is 6.58. The van der Waals surface area contributed by atoms with Crippen LogP contribution in [0.4, 0.5) is 16.6 Å². The van der Waals surface area contributed by atoms with Gasteiger partial charge in [0.25, 0.3) is 5.91 Å². The highest BCUT2D eigenvalue weighted by Crippen LogP contribution is 2.28. The van der Waals surface area contributed by atoms with Crippen LogP contribution in [0.3, 0.4) is 0 Å². The minimum Gasteiger partial charge on any atom is -0.382 e.